The standard InChI is InChI=1S/C19H30N2O2/c1-3-20-15-19(10-7-16(20)22)11-13-21(14-12-19)17(23)18(2)8-5-4-6-9-18/h4-5H,3,6-15H2,1-2H3. The normalized spacial score (nSPS) is 30.8. The lowest BCUT2D eigenvalue weighted by Crippen LogP contribution is -2.54. The van der Waals surface area contributed by atoms with Crippen molar-refractivity contribution in [2.24, 2.45) is 10.8 Å². The first-order valence-corrected chi connectivity index (χ1v) is 9.20. The number of rotatable bonds is 2. The molecule has 1 spiro atoms. The lowest BCUT2D eigenvalue weighted by molar-refractivity contribution is -0.148. The van der Waals surface area contributed by atoms with Gasteiger partial charge in [0, 0.05) is 32.6 Å². The van der Waals surface area contributed by atoms with Crippen molar-refractivity contribution >= 4 is 11.8 Å². The third-order valence-electron chi connectivity index (χ3n) is 6.36. The highest BCUT2D eigenvalue weighted by molar-refractivity contribution is 5.83. The fourth-order valence-electron chi connectivity index (χ4n) is 4.52. The van der Waals surface area contributed by atoms with Gasteiger partial charge in [0.1, 0.15) is 0 Å². The van der Waals surface area contributed by atoms with Gasteiger partial charge in [-0.05, 0) is 50.9 Å². The van der Waals surface area contributed by atoms with E-state index in [2.05, 4.69) is 30.9 Å². The van der Waals surface area contributed by atoms with Crippen LogP contribution in [0.25, 0.3) is 0 Å². The van der Waals surface area contributed by atoms with Gasteiger partial charge in [-0.3, -0.25) is 9.59 Å². The largest absolute Gasteiger partial charge is 0.342 e. The van der Waals surface area contributed by atoms with E-state index in [4.69, 9.17) is 0 Å². The van der Waals surface area contributed by atoms with Gasteiger partial charge >= 0.3 is 0 Å². The predicted molar refractivity (Wildman–Crippen MR) is 90.8 cm³/mol. The zero-order valence-corrected chi connectivity index (χ0v) is 14.6. The van der Waals surface area contributed by atoms with Gasteiger partial charge in [0.2, 0.25) is 11.8 Å². The van der Waals surface area contributed by atoms with Crippen LogP contribution in [-0.4, -0.2) is 47.8 Å². The first-order chi connectivity index (χ1) is 11.0. The van der Waals surface area contributed by atoms with Crippen molar-refractivity contribution in [3.63, 3.8) is 0 Å². The van der Waals surface area contributed by atoms with Crippen LogP contribution in [0.4, 0.5) is 0 Å². The van der Waals surface area contributed by atoms with Crippen LogP contribution in [-0.2, 0) is 9.59 Å². The second-order valence-corrected chi connectivity index (χ2v) is 7.97. The number of carbonyl (C=O) groups excluding carboxylic acids is 2. The molecule has 0 radical (unpaired) electrons. The van der Waals surface area contributed by atoms with Crippen molar-refractivity contribution in [1.29, 1.82) is 0 Å². The maximum Gasteiger partial charge on any atom is 0.228 e. The third-order valence-corrected chi connectivity index (χ3v) is 6.36. The van der Waals surface area contributed by atoms with Crippen LogP contribution in [0.3, 0.4) is 0 Å². The number of carbonyl (C=O) groups is 2. The average molecular weight is 318 g/mol. The Morgan fingerprint density at radius 2 is 1.91 bits per heavy atom. The quantitative estimate of drug-likeness (QED) is 0.734. The summed E-state index contributed by atoms with van der Waals surface area (Å²) in [6.45, 7) is 7.63. The number of likely N-dealkylation sites (tertiary alicyclic amines) is 2. The molecule has 4 nitrogen and oxygen atoms in total. The topological polar surface area (TPSA) is 40.6 Å². The molecular weight excluding hydrogens is 288 g/mol. The highest BCUT2D eigenvalue weighted by Crippen LogP contribution is 2.42. The van der Waals surface area contributed by atoms with Gasteiger partial charge in [0.05, 0.1) is 5.41 Å². The predicted octanol–water partition coefficient (Wildman–Crippen LogP) is 2.98. The molecule has 23 heavy (non-hydrogen) atoms. The van der Waals surface area contributed by atoms with Gasteiger partial charge in [-0.15, -0.1) is 0 Å². The molecule has 0 aromatic heterocycles. The summed E-state index contributed by atoms with van der Waals surface area (Å²) in [4.78, 5) is 29.0. The number of hydrogen-bond donors (Lipinski definition) is 0. The van der Waals surface area contributed by atoms with E-state index in [1.807, 2.05) is 4.90 Å². The minimum absolute atomic E-state index is 0.197. The number of nitrogens with zero attached hydrogens (tertiary/aromatic N) is 2. The first-order valence-electron chi connectivity index (χ1n) is 9.20. The fraction of sp³-hybridized carbons (Fsp3) is 0.789. The van der Waals surface area contributed by atoms with Gasteiger partial charge in [-0.2, -0.15) is 0 Å². The molecule has 0 N–H and O–H groups in total. The monoisotopic (exact) mass is 318 g/mol. The molecule has 4 heteroatoms. The zero-order valence-electron chi connectivity index (χ0n) is 14.6. The van der Waals surface area contributed by atoms with Crippen LogP contribution in [0.1, 0.15) is 58.8 Å². The van der Waals surface area contributed by atoms with Crippen LogP contribution in [0.2, 0.25) is 0 Å². The molecule has 2 amide bonds. The van der Waals surface area contributed by atoms with Crippen LogP contribution < -0.4 is 0 Å². The lowest BCUT2D eigenvalue weighted by atomic mass is 9.71. The van der Waals surface area contributed by atoms with Crippen molar-refractivity contribution in [2.45, 2.75) is 58.8 Å². The number of hydrogen-bond acceptors (Lipinski definition) is 2. The van der Waals surface area contributed by atoms with E-state index in [0.29, 0.717) is 18.2 Å². The number of piperidine rings is 2. The molecule has 1 unspecified atom stereocenters. The maximum absolute atomic E-state index is 12.9. The molecule has 0 aromatic carbocycles. The molecule has 2 fully saturated rings. The minimum atomic E-state index is -0.197. The van der Waals surface area contributed by atoms with Gasteiger partial charge in [0.25, 0.3) is 0 Å². The second kappa shape index (κ2) is 6.29. The molecule has 2 saturated heterocycles. The zero-order chi connectivity index (χ0) is 16.5. The highest BCUT2D eigenvalue weighted by atomic mass is 16.2. The Bertz CT molecular complexity index is 505. The first kappa shape index (κ1) is 16.5. The summed E-state index contributed by atoms with van der Waals surface area (Å²) in [6.07, 6.45) is 11.0. The van der Waals surface area contributed by atoms with E-state index in [0.717, 1.165) is 64.7 Å². The molecule has 3 aliphatic rings. The van der Waals surface area contributed by atoms with Crippen LogP contribution in [0.15, 0.2) is 12.2 Å². The van der Waals surface area contributed by atoms with Crippen LogP contribution in [0, 0.1) is 10.8 Å². The Morgan fingerprint density at radius 1 is 1.17 bits per heavy atom. The molecule has 0 aromatic rings. The number of amides is 2. The smallest absolute Gasteiger partial charge is 0.228 e. The highest BCUT2D eigenvalue weighted by Gasteiger charge is 2.44. The Labute approximate surface area is 139 Å². The molecule has 2 heterocycles. The molecule has 128 valence electrons. The van der Waals surface area contributed by atoms with Crippen molar-refractivity contribution in [2.75, 3.05) is 26.2 Å². The Kier molecular flexibility index (Phi) is 4.52. The van der Waals surface area contributed by atoms with E-state index in [1.165, 1.54) is 0 Å². The molecule has 3 rings (SSSR count). The van der Waals surface area contributed by atoms with Crippen molar-refractivity contribution < 1.29 is 9.59 Å². The molecule has 0 bridgehead atoms. The summed E-state index contributed by atoms with van der Waals surface area (Å²) in [5.74, 6) is 0.647. The van der Waals surface area contributed by atoms with Gasteiger partial charge < -0.3 is 9.80 Å². The maximum atomic E-state index is 12.9. The SMILES string of the molecule is CCN1CC2(CCC1=O)CCN(C(=O)C1(C)CC=CCC1)CC2. The molecule has 0 saturated carbocycles. The van der Waals surface area contributed by atoms with Crippen molar-refractivity contribution in [3.8, 4) is 0 Å². The molecular formula is C19H30N2O2. The Hall–Kier alpha value is -1.32. The Morgan fingerprint density at radius 3 is 2.52 bits per heavy atom. The van der Waals surface area contributed by atoms with Crippen molar-refractivity contribution in [3.05, 3.63) is 12.2 Å². The van der Waals surface area contributed by atoms with E-state index in [9.17, 15) is 9.59 Å². The Balaban J connectivity index is 1.61. The fourth-order valence-corrected chi connectivity index (χ4v) is 4.52. The van der Waals surface area contributed by atoms with E-state index in [-0.39, 0.29) is 10.8 Å². The average Bonchev–Trinajstić information content (AvgIpc) is 2.58. The summed E-state index contributed by atoms with van der Waals surface area (Å²) in [5, 5.41) is 0. The van der Waals surface area contributed by atoms with Crippen LogP contribution in [0.5, 0.6) is 0 Å². The second-order valence-electron chi connectivity index (χ2n) is 7.97. The van der Waals surface area contributed by atoms with Gasteiger partial charge in [-0.25, -0.2) is 0 Å². The summed E-state index contributed by atoms with van der Waals surface area (Å²) in [7, 11) is 0. The summed E-state index contributed by atoms with van der Waals surface area (Å²) in [5.41, 5.74) is 0.0608. The van der Waals surface area contributed by atoms with Crippen LogP contribution >= 0.6 is 0 Å². The van der Waals surface area contributed by atoms with Gasteiger partial charge in [0.15, 0.2) is 0 Å². The van der Waals surface area contributed by atoms with E-state index < -0.39 is 0 Å². The third kappa shape index (κ3) is 3.17. The van der Waals surface area contributed by atoms with E-state index >= 15 is 0 Å². The summed E-state index contributed by atoms with van der Waals surface area (Å²) in [6, 6.07) is 0. The minimum Gasteiger partial charge on any atom is -0.342 e. The summed E-state index contributed by atoms with van der Waals surface area (Å²) >= 11 is 0. The van der Waals surface area contributed by atoms with Gasteiger partial charge in [-0.1, -0.05) is 19.1 Å². The van der Waals surface area contributed by atoms with Crippen molar-refractivity contribution in [1.82, 2.24) is 9.80 Å². The van der Waals surface area contributed by atoms with E-state index in [1.54, 1.807) is 0 Å². The molecule has 1 atom stereocenters. The molecule has 2 aliphatic heterocycles. The lowest BCUT2D eigenvalue weighted by Gasteiger charge is -2.48. The summed E-state index contributed by atoms with van der Waals surface area (Å²) < 4.78 is 0. The molecule has 1 aliphatic carbocycles. The number of allylic oxidation sites excluding steroid dienone is 2.